The third kappa shape index (κ3) is 4.17. The van der Waals surface area contributed by atoms with Crippen LogP contribution in [0.4, 0.5) is 8.78 Å². The standard InChI is InChI=1S/C20H20Cl2F2N4O2S/c1-13(19-25-16-4-2-3-5-17(16)28(19)20(23)24)26-8-10-27(11-9-26)31(29,30)18-12-14(21)6-7-15(18)22/h2-7,12-13,20H,8-11H2,1H3. The van der Waals surface area contributed by atoms with Crippen LogP contribution in [0.5, 0.6) is 0 Å². The summed E-state index contributed by atoms with van der Waals surface area (Å²) < 4.78 is 55.9. The fraction of sp³-hybridized carbons (Fsp3) is 0.350. The third-order valence-corrected chi connectivity index (χ3v) is 8.14. The maximum Gasteiger partial charge on any atom is 0.320 e. The highest BCUT2D eigenvalue weighted by molar-refractivity contribution is 7.89. The first kappa shape index (κ1) is 22.4. The number of benzene rings is 2. The molecule has 3 aromatic rings. The Morgan fingerprint density at radius 3 is 2.39 bits per heavy atom. The van der Waals surface area contributed by atoms with E-state index < -0.39 is 22.6 Å². The lowest BCUT2D eigenvalue weighted by Crippen LogP contribution is -2.49. The number of halogens is 4. The number of hydrogen-bond donors (Lipinski definition) is 0. The van der Waals surface area contributed by atoms with Gasteiger partial charge in [-0.05, 0) is 37.3 Å². The van der Waals surface area contributed by atoms with Crippen LogP contribution in [0.25, 0.3) is 11.0 Å². The molecule has 2 heterocycles. The van der Waals surface area contributed by atoms with Gasteiger partial charge < -0.3 is 0 Å². The van der Waals surface area contributed by atoms with Crippen LogP contribution in [-0.2, 0) is 10.0 Å². The van der Waals surface area contributed by atoms with Gasteiger partial charge in [-0.15, -0.1) is 0 Å². The fourth-order valence-electron chi connectivity index (χ4n) is 3.87. The number of alkyl halides is 2. The van der Waals surface area contributed by atoms with Gasteiger partial charge in [0.15, 0.2) is 0 Å². The fourth-order valence-corrected chi connectivity index (χ4v) is 6.03. The molecule has 0 aliphatic carbocycles. The van der Waals surface area contributed by atoms with Gasteiger partial charge in [0, 0.05) is 31.2 Å². The molecule has 0 spiro atoms. The second kappa shape index (κ2) is 8.63. The summed E-state index contributed by atoms with van der Waals surface area (Å²) in [6.45, 7) is 0.208. The highest BCUT2D eigenvalue weighted by atomic mass is 35.5. The molecule has 0 saturated carbocycles. The zero-order valence-corrected chi connectivity index (χ0v) is 18.9. The van der Waals surface area contributed by atoms with Crippen LogP contribution < -0.4 is 0 Å². The molecule has 1 aromatic heterocycles. The van der Waals surface area contributed by atoms with Gasteiger partial charge in [0.05, 0.1) is 22.1 Å². The van der Waals surface area contributed by atoms with E-state index in [2.05, 4.69) is 4.98 Å². The predicted molar refractivity (Wildman–Crippen MR) is 116 cm³/mol. The largest absolute Gasteiger partial charge is 0.320 e. The number of aromatic nitrogens is 2. The van der Waals surface area contributed by atoms with Gasteiger partial charge >= 0.3 is 6.55 Å². The van der Waals surface area contributed by atoms with Crippen molar-refractivity contribution < 1.29 is 17.2 Å². The zero-order valence-electron chi connectivity index (χ0n) is 16.6. The van der Waals surface area contributed by atoms with E-state index in [1.165, 1.54) is 22.5 Å². The van der Waals surface area contributed by atoms with Crippen LogP contribution in [0, 0.1) is 0 Å². The summed E-state index contributed by atoms with van der Waals surface area (Å²) in [5, 5.41) is 0.381. The van der Waals surface area contributed by atoms with Gasteiger partial charge in [-0.1, -0.05) is 35.3 Å². The molecule has 0 bridgehead atoms. The number of piperazine rings is 1. The zero-order chi connectivity index (χ0) is 22.3. The Balaban J connectivity index is 1.55. The Hall–Kier alpha value is -1.78. The van der Waals surface area contributed by atoms with E-state index in [1.807, 2.05) is 4.90 Å². The minimum atomic E-state index is -3.82. The molecule has 166 valence electrons. The molecule has 31 heavy (non-hydrogen) atoms. The van der Waals surface area contributed by atoms with Crippen LogP contribution in [0.15, 0.2) is 47.4 Å². The first-order valence-electron chi connectivity index (χ1n) is 9.64. The molecule has 11 heteroatoms. The molecule has 0 amide bonds. The predicted octanol–water partition coefficient (Wildman–Crippen LogP) is 4.81. The summed E-state index contributed by atoms with van der Waals surface area (Å²) in [6, 6.07) is 10.7. The Labute approximate surface area is 189 Å². The van der Waals surface area contributed by atoms with Crippen molar-refractivity contribution in [3.63, 3.8) is 0 Å². The average molecular weight is 489 g/mol. The highest BCUT2D eigenvalue weighted by Crippen LogP contribution is 2.32. The topological polar surface area (TPSA) is 58.4 Å². The molecule has 1 aliphatic rings. The SMILES string of the molecule is CC(c1nc2ccccc2n1C(F)F)N1CCN(S(=O)(=O)c2cc(Cl)ccc2Cl)CC1. The Morgan fingerprint density at radius 2 is 1.71 bits per heavy atom. The van der Waals surface area contributed by atoms with E-state index in [1.54, 1.807) is 31.2 Å². The molecule has 2 aromatic carbocycles. The lowest BCUT2D eigenvalue weighted by atomic mass is 10.2. The van der Waals surface area contributed by atoms with E-state index in [-0.39, 0.29) is 33.9 Å². The van der Waals surface area contributed by atoms with Gasteiger partial charge in [-0.2, -0.15) is 13.1 Å². The average Bonchev–Trinajstić information content (AvgIpc) is 3.15. The Morgan fingerprint density at radius 1 is 1.03 bits per heavy atom. The van der Waals surface area contributed by atoms with Crippen LogP contribution >= 0.6 is 23.2 Å². The second-order valence-corrected chi connectivity index (χ2v) is 10.0. The molecule has 1 saturated heterocycles. The molecule has 0 radical (unpaired) electrons. The molecule has 1 fully saturated rings. The van der Waals surface area contributed by atoms with Gasteiger partial charge in [0.2, 0.25) is 10.0 Å². The molecule has 0 N–H and O–H groups in total. The first-order valence-corrected chi connectivity index (χ1v) is 11.8. The van der Waals surface area contributed by atoms with Crippen LogP contribution in [-0.4, -0.2) is 53.4 Å². The Kier molecular flexibility index (Phi) is 6.24. The number of sulfonamides is 1. The minimum absolute atomic E-state index is 0.0392. The lowest BCUT2D eigenvalue weighted by Gasteiger charge is -2.37. The number of rotatable bonds is 5. The maximum atomic E-state index is 13.8. The van der Waals surface area contributed by atoms with Crippen molar-refractivity contribution in [1.29, 1.82) is 0 Å². The number of fused-ring (bicyclic) bond motifs is 1. The van der Waals surface area contributed by atoms with Crippen LogP contribution in [0.2, 0.25) is 10.0 Å². The quantitative estimate of drug-likeness (QED) is 0.517. The van der Waals surface area contributed by atoms with Crippen molar-refractivity contribution in [2.24, 2.45) is 0 Å². The summed E-state index contributed by atoms with van der Waals surface area (Å²) in [7, 11) is -3.82. The van der Waals surface area contributed by atoms with E-state index in [0.717, 1.165) is 4.57 Å². The number of para-hydroxylation sites is 2. The highest BCUT2D eigenvalue weighted by Gasteiger charge is 2.33. The van der Waals surface area contributed by atoms with E-state index in [0.29, 0.717) is 24.1 Å². The van der Waals surface area contributed by atoms with Crippen molar-refractivity contribution in [1.82, 2.24) is 18.8 Å². The second-order valence-electron chi connectivity index (χ2n) is 7.30. The molecule has 1 atom stereocenters. The van der Waals surface area contributed by atoms with Crippen molar-refractivity contribution in [3.05, 3.63) is 58.3 Å². The first-order chi connectivity index (χ1) is 14.7. The lowest BCUT2D eigenvalue weighted by molar-refractivity contribution is 0.0616. The van der Waals surface area contributed by atoms with E-state index in [4.69, 9.17) is 23.2 Å². The third-order valence-electron chi connectivity index (χ3n) is 5.52. The molecular weight excluding hydrogens is 469 g/mol. The van der Waals surface area contributed by atoms with Crippen molar-refractivity contribution in [3.8, 4) is 0 Å². The molecular formula is C20H20Cl2F2N4O2S. The van der Waals surface area contributed by atoms with Crippen molar-refractivity contribution in [2.75, 3.05) is 26.2 Å². The van der Waals surface area contributed by atoms with E-state index >= 15 is 0 Å². The summed E-state index contributed by atoms with van der Waals surface area (Å²) in [6.07, 6.45) is 0. The minimum Gasteiger partial charge on any atom is -0.291 e. The molecule has 6 nitrogen and oxygen atoms in total. The van der Waals surface area contributed by atoms with E-state index in [9.17, 15) is 17.2 Å². The Bertz CT molecular complexity index is 1210. The summed E-state index contributed by atoms with van der Waals surface area (Å²) in [4.78, 5) is 6.33. The molecule has 4 rings (SSSR count). The van der Waals surface area contributed by atoms with Crippen LogP contribution in [0.3, 0.4) is 0 Å². The van der Waals surface area contributed by atoms with Crippen molar-refractivity contribution >= 4 is 44.3 Å². The summed E-state index contributed by atoms with van der Waals surface area (Å²) in [5.41, 5.74) is 0.873. The van der Waals surface area contributed by atoms with Gasteiger partial charge in [0.1, 0.15) is 10.7 Å². The number of hydrogen-bond acceptors (Lipinski definition) is 4. The smallest absolute Gasteiger partial charge is 0.291 e. The normalized spacial score (nSPS) is 17.5. The van der Waals surface area contributed by atoms with Gasteiger partial charge in [-0.3, -0.25) is 9.47 Å². The molecule has 1 aliphatic heterocycles. The maximum absolute atomic E-state index is 13.8. The van der Waals surface area contributed by atoms with Crippen molar-refractivity contribution in [2.45, 2.75) is 24.4 Å². The number of nitrogens with zero attached hydrogens (tertiary/aromatic N) is 4. The number of imidazole rings is 1. The monoisotopic (exact) mass is 488 g/mol. The van der Waals surface area contributed by atoms with Crippen LogP contribution in [0.1, 0.15) is 25.3 Å². The van der Waals surface area contributed by atoms with Gasteiger partial charge in [-0.25, -0.2) is 13.4 Å². The van der Waals surface area contributed by atoms with Gasteiger partial charge in [0.25, 0.3) is 0 Å². The summed E-state index contributed by atoms with van der Waals surface area (Å²) in [5.74, 6) is 0.255. The summed E-state index contributed by atoms with van der Waals surface area (Å²) >= 11 is 12.0. The molecule has 1 unspecified atom stereocenters.